The van der Waals surface area contributed by atoms with Crippen LogP contribution in [-0.2, 0) is 0 Å². The Morgan fingerprint density at radius 3 is 2.59 bits per heavy atom. The summed E-state index contributed by atoms with van der Waals surface area (Å²) in [6.07, 6.45) is -2.50. The molecule has 0 radical (unpaired) electrons. The van der Waals surface area contributed by atoms with Gasteiger partial charge in [-0.15, -0.1) is 0 Å². The first-order valence-corrected chi connectivity index (χ1v) is 5.39. The molecule has 0 saturated heterocycles. The molecule has 1 aromatic rings. The molecule has 1 atom stereocenters. The van der Waals surface area contributed by atoms with Crippen LogP contribution in [0.15, 0.2) is 18.2 Å². The van der Waals surface area contributed by atoms with Crippen molar-refractivity contribution in [3.05, 3.63) is 28.8 Å². The van der Waals surface area contributed by atoms with E-state index in [1.54, 1.807) is 0 Å². The number of carbonyl (C=O) groups excluding carboxylic acids is 1. The fourth-order valence-electron chi connectivity index (χ4n) is 1.23. The molecule has 0 saturated carbocycles. The molecule has 17 heavy (non-hydrogen) atoms. The van der Waals surface area contributed by atoms with Crippen molar-refractivity contribution in [3.63, 3.8) is 0 Å². The lowest BCUT2D eigenvalue weighted by atomic mass is 10.1. The minimum absolute atomic E-state index is 0.296. The Morgan fingerprint density at radius 1 is 1.41 bits per heavy atom. The normalized spacial score (nSPS) is 12.4. The van der Waals surface area contributed by atoms with Crippen molar-refractivity contribution in [2.45, 2.75) is 19.4 Å². The minimum atomic E-state index is -2.50. The molecule has 0 aliphatic rings. The first-order valence-electron chi connectivity index (χ1n) is 5.02. The van der Waals surface area contributed by atoms with Gasteiger partial charge in [-0.05, 0) is 25.1 Å². The quantitative estimate of drug-likeness (QED) is 0.876. The van der Waals surface area contributed by atoms with Crippen LogP contribution in [0, 0.1) is 0 Å². The van der Waals surface area contributed by atoms with Crippen molar-refractivity contribution < 1.29 is 13.6 Å². The first-order chi connectivity index (χ1) is 7.95. The molecule has 0 heterocycles. The largest absolute Gasteiger partial charge is 0.376 e. The summed E-state index contributed by atoms with van der Waals surface area (Å²) in [7, 11) is 1.49. The van der Waals surface area contributed by atoms with E-state index in [0.29, 0.717) is 16.3 Å². The van der Waals surface area contributed by atoms with Crippen molar-refractivity contribution >= 4 is 23.2 Å². The zero-order valence-electron chi connectivity index (χ0n) is 9.43. The van der Waals surface area contributed by atoms with Crippen molar-refractivity contribution in [2.24, 2.45) is 0 Å². The zero-order chi connectivity index (χ0) is 13.0. The molecule has 1 rings (SSSR count). The van der Waals surface area contributed by atoms with Crippen molar-refractivity contribution in [1.29, 1.82) is 0 Å². The second-order valence-electron chi connectivity index (χ2n) is 3.54. The summed E-state index contributed by atoms with van der Waals surface area (Å²) in [6.45, 7) is 1.34. The van der Waals surface area contributed by atoms with E-state index in [2.05, 4.69) is 10.6 Å². The number of nitrogens with one attached hydrogen (secondary N) is 2. The highest BCUT2D eigenvalue weighted by molar-refractivity contribution is 6.33. The number of anilines is 1. The highest BCUT2D eigenvalue weighted by Gasteiger charge is 2.16. The van der Waals surface area contributed by atoms with E-state index in [4.69, 9.17) is 11.6 Å². The third-order valence-electron chi connectivity index (χ3n) is 2.22. The predicted molar refractivity (Wildman–Crippen MR) is 63.9 cm³/mol. The van der Waals surface area contributed by atoms with E-state index in [9.17, 15) is 13.6 Å². The first kappa shape index (κ1) is 13.7. The average molecular weight is 263 g/mol. The van der Waals surface area contributed by atoms with Gasteiger partial charge in [0.05, 0.1) is 16.8 Å². The fraction of sp³-hybridized carbons (Fsp3) is 0.364. The number of carbonyl (C=O) groups is 1. The molecule has 2 N–H and O–H groups in total. The lowest BCUT2D eigenvalue weighted by Gasteiger charge is -2.16. The van der Waals surface area contributed by atoms with Gasteiger partial charge in [0.2, 0.25) is 0 Å². The third kappa shape index (κ3) is 3.56. The standard InChI is InChI=1S/C11H13ClF2N2O/c1-6(10(13)14)16-9-5-7(11(17)15-2)3-4-8(9)12/h3-6,10,16H,1-2H3,(H,15,17). The van der Waals surface area contributed by atoms with E-state index in [0.717, 1.165) is 0 Å². The number of amides is 1. The van der Waals surface area contributed by atoms with Crippen LogP contribution in [0.3, 0.4) is 0 Å². The maximum Gasteiger partial charge on any atom is 0.258 e. The second-order valence-corrected chi connectivity index (χ2v) is 3.95. The lowest BCUT2D eigenvalue weighted by molar-refractivity contribution is 0.0963. The van der Waals surface area contributed by atoms with E-state index in [-0.39, 0.29) is 5.91 Å². The maximum atomic E-state index is 12.4. The monoisotopic (exact) mass is 262 g/mol. The number of hydrogen-bond acceptors (Lipinski definition) is 2. The molecule has 0 aromatic heterocycles. The average Bonchev–Trinajstić information content (AvgIpc) is 2.30. The van der Waals surface area contributed by atoms with Gasteiger partial charge in [0.1, 0.15) is 0 Å². The molecule has 1 aromatic carbocycles. The van der Waals surface area contributed by atoms with Gasteiger partial charge in [-0.3, -0.25) is 4.79 Å². The van der Waals surface area contributed by atoms with Gasteiger partial charge < -0.3 is 10.6 Å². The fourth-order valence-corrected chi connectivity index (χ4v) is 1.40. The highest BCUT2D eigenvalue weighted by Crippen LogP contribution is 2.24. The van der Waals surface area contributed by atoms with Crippen molar-refractivity contribution in [3.8, 4) is 0 Å². The third-order valence-corrected chi connectivity index (χ3v) is 2.55. The van der Waals surface area contributed by atoms with Gasteiger partial charge >= 0.3 is 0 Å². The smallest absolute Gasteiger partial charge is 0.258 e. The number of benzene rings is 1. The van der Waals surface area contributed by atoms with Crippen molar-refractivity contribution in [2.75, 3.05) is 12.4 Å². The Kier molecular flexibility index (Phi) is 4.69. The molecule has 1 amide bonds. The number of halogens is 3. The van der Waals surface area contributed by atoms with Gasteiger partial charge in [0.15, 0.2) is 0 Å². The van der Waals surface area contributed by atoms with Crippen LogP contribution in [0.5, 0.6) is 0 Å². The number of alkyl halides is 2. The van der Waals surface area contributed by atoms with Gasteiger partial charge in [-0.2, -0.15) is 0 Å². The molecule has 0 fully saturated rings. The highest BCUT2D eigenvalue weighted by atomic mass is 35.5. The van der Waals surface area contributed by atoms with Crippen LogP contribution in [0.2, 0.25) is 5.02 Å². The molecular weight excluding hydrogens is 250 g/mol. The van der Waals surface area contributed by atoms with Crippen LogP contribution in [0.25, 0.3) is 0 Å². The molecule has 1 unspecified atom stereocenters. The Morgan fingerprint density at radius 2 is 2.06 bits per heavy atom. The van der Waals surface area contributed by atoms with Gasteiger partial charge in [-0.1, -0.05) is 11.6 Å². The topological polar surface area (TPSA) is 41.1 Å². The summed E-state index contributed by atoms with van der Waals surface area (Å²) < 4.78 is 24.8. The van der Waals surface area contributed by atoms with Gasteiger partial charge in [-0.25, -0.2) is 8.78 Å². The Hall–Kier alpha value is -1.36. The Bertz CT molecular complexity index is 412. The Labute approximate surface area is 103 Å². The maximum absolute atomic E-state index is 12.4. The van der Waals surface area contributed by atoms with Gasteiger partial charge in [0.25, 0.3) is 12.3 Å². The predicted octanol–water partition coefficient (Wildman–Crippen LogP) is 2.77. The van der Waals surface area contributed by atoms with Crippen molar-refractivity contribution in [1.82, 2.24) is 5.32 Å². The SMILES string of the molecule is CNC(=O)c1ccc(Cl)c(NC(C)C(F)F)c1. The van der Waals surface area contributed by atoms with Gasteiger partial charge in [0, 0.05) is 12.6 Å². The lowest BCUT2D eigenvalue weighted by Crippen LogP contribution is -2.24. The minimum Gasteiger partial charge on any atom is -0.376 e. The van der Waals surface area contributed by atoms with E-state index < -0.39 is 12.5 Å². The van der Waals surface area contributed by atoms with Crippen LogP contribution < -0.4 is 10.6 Å². The zero-order valence-corrected chi connectivity index (χ0v) is 10.2. The summed E-state index contributed by atoms with van der Waals surface area (Å²) in [5.41, 5.74) is 0.682. The van der Waals surface area contributed by atoms with E-state index >= 15 is 0 Å². The molecule has 0 spiro atoms. The number of rotatable bonds is 4. The van der Waals surface area contributed by atoms with Crippen LogP contribution in [0.1, 0.15) is 17.3 Å². The van der Waals surface area contributed by atoms with Crippen LogP contribution in [-0.4, -0.2) is 25.4 Å². The summed E-state index contributed by atoms with van der Waals surface area (Å²) in [5, 5.41) is 5.31. The summed E-state index contributed by atoms with van der Waals surface area (Å²) in [5.74, 6) is -0.297. The molecule has 0 aliphatic heterocycles. The summed E-state index contributed by atoms with van der Waals surface area (Å²) >= 11 is 5.85. The van der Waals surface area contributed by atoms with E-state index in [1.807, 2.05) is 0 Å². The molecule has 0 bridgehead atoms. The van der Waals surface area contributed by atoms with Crippen LogP contribution >= 0.6 is 11.6 Å². The second kappa shape index (κ2) is 5.82. The Balaban J connectivity index is 2.94. The molecular formula is C11H13ClF2N2O. The summed E-state index contributed by atoms with van der Waals surface area (Å²) in [6, 6.07) is 3.43. The summed E-state index contributed by atoms with van der Waals surface area (Å²) in [4.78, 5) is 11.4. The van der Waals surface area contributed by atoms with E-state index in [1.165, 1.54) is 32.2 Å². The molecule has 6 heteroatoms. The molecule has 3 nitrogen and oxygen atoms in total. The molecule has 94 valence electrons. The number of hydrogen-bond donors (Lipinski definition) is 2. The van der Waals surface area contributed by atoms with Crippen LogP contribution in [0.4, 0.5) is 14.5 Å². The molecule has 0 aliphatic carbocycles.